The lowest BCUT2D eigenvalue weighted by atomic mass is 9.87. The molecule has 0 radical (unpaired) electrons. The van der Waals surface area contributed by atoms with E-state index in [0.29, 0.717) is 27.8 Å². The molecule has 0 atom stereocenters. The number of hydrogen-bond acceptors (Lipinski definition) is 6. The molecule has 0 saturated heterocycles. The van der Waals surface area contributed by atoms with Crippen molar-refractivity contribution in [1.29, 1.82) is 0 Å². The molecule has 6 aromatic rings. The van der Waals surface area contributed by atoms with E-state index in [9.17, 15) is 41.9 Å². The van der Waals surface area contributed by atoms with E-state index in [1.807, 2.05) is 73.7 Å². The van der Waals surface area contributed by atoms with E-state index >= 15 is 0 Å². The quantitative estimate of drug-likeness (QED) is 0.148. The van der Waals surface area contributed by atoms with Crippen molar-refractivity contribution >= 4 is 101 Å². The summed E-state index contributed by atoms with van der Waals surface area (Å²) in [7, 11) is 0. The molecule has 6 rings (SSSR count). The van der Waals surface area contributed by atoms with Crippen molar-refractivity contribution in [2.24, 2.45) is 0 Å². The fourth-order valence-electron chi connectivity index (χ4n) is 4.73. The summed E-state index contributed by atoms with van der Waals surface area (Å²) in [5.74, 6) is 0. The fourth-order valence-corrected chi connectivity index (χ4v) is 5.49. The molecule has 0 N–H and O–H groups in total. The van der Waals surface area contributed by atoms with E-state index in [1.54, 1.807) is 36.4 Å². The molecular weight excluding hydrogens is 942 g/mol. The van der Waals surface area contributed by atoms with Crippen LogP contribution >= 0.6 is 69.6 Å². The average Bonchev–Trinajstić information content (AvgIpc) is 3.24. The molecule has 0 aliphatic heterocycles. The van der Waals surface area contributed by atoms with Crippen LogP contribution in [0, 0.1) is 6.92 Å². The van der Waals surface area contributed by atoms with Crippen LogP contribution in [0.5, 0.6) is 0 Å². The third-order valence-corrected chi connectivity index (χ3v) is 9.56. The van der Waals surface area contributed by atoms with Crippen LogP contribution in [-0.2, 0) is 11.6 Å². The Morgan fingerprint density at radius 2 is 0.587 bits per heavy atom. The van der Waals surface area contributed by atoms with Crippen molar-refractivity contribution in [1.82, 2.24) is 0 Å². The number of benzene rings is 6. The Kier molecular flexibility index (Phi) is 22.2. The number of alkyl halides is 3. The van der Waals surface area contributed by atoms with Gasteiger partial charge in [-0.25, -0.2) is 0 Å². The Labute approximate surface area is 392 Å². The summed E-state index contributed by atoms with van der Waals surface area (Å²) in [6.45, 7) is 8.35. The molecule has 6 nitrogen and oxygen atoms in total. The standard InChI is InChI=1S/C13H9ClO.C11H13ClO.C8H4Cl2O2.C8H4ClF3O.C8H7ClO/c14-13(15)12-8-6-11(7-9-12)10-4-2-1-3-5-10;1-11(2,3)9-6-4-8(5-7-9)10(12)13;9-7(11)5-1-2-6(4-3-5)8(10)12;9-7(13)5-1-3-6(4-2-5)8(10,11)12;1-6-2-4-7(5-3-6)8(9)10/h1-9H;4-7H,1-3H3;1-4H;1-4H;2-5H,1H3. The van der Waals surface area contributed by atoms with Gasteiger partial charge in [-0.15, -0.1) is 0 Å². The Morgan fingerprint density at radius 1 is 0.349 bits per heavy atom. The lowest BCUT2D eigenvalue weighted by molar-refractivity contribution is -0.137. The van der Waals surface area contributed by atoms with Gasteiger partial charge in [0.25, 0.3) is 31.5 Å². The smallest absolute Gasteiger partial charge is 0.276 e. The zero-order valence-electron chi connectivity index (χ0n) is 33.8. The van der Waals surface area contributed by atoms with Crippen LogP contribution in [0.4, 0.5) is 13.2 Å². The maximum absolute atomic E-state index is 12.0. The van der Waals surface area contributed by atoms with Crippen molar-refractivity contribution in [3.05, 3.63) is 202 Å². The molecule has 0 aromatic heterocycles. The van der Waals surface area contributed by atoms with Gasteiger partial charge >= 0.3 is 6.18 Å². The number of halogens is 9. The van der Waals surface area contributed by atoms with Gasteiger partial charge in [0, 0.05) is 33.4 Å². The highest BCUT2D eigenvalue weighted by Gasteiger charge is 2.30. The van der Waals surface area contributed by atoms with Gasteiger partial charge in [0.1, 0.15) is 0 Å². The minimum absolute atomic E-state index is 0.0506. The Bertz CT molecular complexity index is 2350. The molecule has 0 fully saturated rings. The van der Waals surface area contributed by atoms with Crippen molar-refractivity contribution in [2.45, 2.75) is 39.3 Å². The molecule has 0 amide bonds. The second kappa shape index (κ2) is 25.8. The number of aryl methyl sites for hydroxylation is 1. The molecule has 0 heterocycles. The number of hydrogen-bond donors (Lipinski definition) is 0. The Hall–Kier alpha value is -5.13. The summed E-state index contributed by atoms with van der Waals surface area (Å²) < 4.78 is 36.0. The van der Waals surface area contributed by atoms with Crippen LogP contribution in [0.2, 0.25) is 0 Å². The van der Waals surface area contributed by atoms with E-state index < -0.39 is 43.2 Å². The molecule has 0 saturated carbocycles. The number of carbonyl (C=O) groups excluding carboxylic acids is 6. The summed E-state index contributed by atoms with van der Waals surface area (Å²) >= 11 is 31.3. The van der Waals surface area contributed by atoms with Gasteiger partial charge in [-0.1, -0.05) is 93.1 Å². The molecule has 0 spiro atoms. The van der Waals surface area contributed by atoms with Crippen LogP contribution in [0.25, 0.3) is 11.1 Å². The summed E-state index contributed by atoms with van der Waals surface area (Å²) in [4.78, 5) is 63.8. The normalized spacial score (nSPS) is 10.4. The van der Waals surface area contributed by atoms with Gasteiger partial charge in [0.2, 0.25) is 0 Å². The van der Waals surface area contributed by atoms with Crippen LogP contribution in [0.1, 0.15) is 99.6 Å². The first-order valence-corrected chi connectivity index (χ1v) is 20.5. The second-order valence-electron chi connectivity index (χ2n) is 13.9. The zero-order chi connectivity index (χ0) is 47.5. The Balaban J connectivity index is 0.000000272. The van der Waals surface area contributed by atoms with E-state index in [1.165, 1.54) is 29.8 Å². The highest BCUT2D eigenvalue weighted by molar-refractivity contribution is 6.69. The largest absolute Gasteiger partial charge is 0.416 e. The predicted molar refractivity (Wildman–Crippen MR) is 247 cm³/mol. The van der Waals surface area contributed by atoms with Gasteiger partial charge < -0.3 is 0 Å². The molecule has 0 aliphatic carbocycles. The minimum Gasteiger partial charge on any atom is -0.276 e. The van der Waals surface area contributed by atoms with Crippen LogP contribution in [0.15, 0.2) is 152 Å². The average molecular weight is 980 g/mol. The van der Waals surface area contributed by atoms with Gasteiger partial charge in [-0.2, -0.15) is 13.2 Å². The molecule has 0 bridgehead atoms. The third-order valence-electron chi connectivity index (χ3n) is 8.25. The lowest BCUT2D eigenvalue weighted by Crippen LogP contribution is -2.10. The van der Waals surface area contributed by atoms with Crippen molar-refractivity contribution in [3.63, 3.8) is 0 Å². The maximum Gasteiger partial charge on any atom is 0.416 e. The topological polar surface area (TPSA) is 102 Å². The van der Waals surface area contributed by atoms with Gasteiger partial charge in [-0.3, -0.25) is 28.8 Å². The van der Waals surface area contributed by atoms with E-state index in [0.717, 1.165) is 41.0 Å². The predicted octanol–water partition coefficient (Wildman–Crippen LogP) is 15.0. The van der Waals surface area contributed by atoms with Crippen molar-refractivity contribution < 1.29 is 41.9 Å². The van der Waals surface area contributed by atoms with Crippen LogP contribution in [-0.4, -0.2) is 31.5 Å². The molecule has 328 valence electrons. The summed E-state index contributed by atoms with van der Waals surface area (Å²) in [6.07, 6.45) is -4.38. The number of rotatable bonds is 7. The van der Waals surface area contributed by atoms with Crippen LogP contribution in [0.3, 0.4) is 0 Å². The van der Waals surface area contributed by atoms with Gasteiger partial charge in [-0.05, 0) is 184 Å². The highest BCUT2D eigenvalue weighted by Crippen LogP contribution is 2.29. The molecule has 15 heteroatoms. The summed E-state index contributed by atoms with van der Waals surface area (Å²) in [5, 5.41) is -3.10. The first-order valence-electron chi connectivity index (χ1n) is 18.2. The summed E-state index contributed by atoms with van der Waals surface area (Å²) in [6, 6.07) is 41.3. The van der Waals surface area contributed by atoms with Crippen molar-refractivity contribution in [3.8, 4) is 11.1 Å². The van der Waals surface area contributed by atoms with Crippen molar-refractivity contribution in [2.75, 3.05) is 0 Å². The highest BCUT2D eigenvalue weighted by atomic mass is 35.5. The Morgan fingerprint density at radius 3 is 0.857 bits per heavy atom. The minimum atomic E-state index is -4.38. The molecule has 0 aliphatic rings. The third kappa shape index (κ3) is 19.9. The van der Waals surface area contributed by atoms with E-state index in [-0.39, 0.29) is 11.0 Å². The first-order chi connectivity index (χ1) is 29.4. The van der Waals surface area contributed by atoms with Crippen LogP contribution < -0.4 is 0 Å². The van der Waals surface area contributed by atoms with E-state index in [2.05, 4.69) is 20.8 Å². The molecule has 0 unspecified atom stereocenters. The van der Waals surface area contributed by atoms with Gasteiger partial charge in [0.05, 0.1) is 5.56 Å². The SMILES string of the molecule is CC(C)(C)c1ccc(C(=O)Cl)cc1.Cc1ccc(C(=O)Cl)cc1.O=C(Cl)c1ccc(-c2ccccc2)cc1.O=C(Cl)c1ccc(C(=O)Cl)cc1.O=C(Cl)c1ccc(C(F)(F)F)cc1. The molecule has 63 heavy (non-hydrogen) atoms. The molecular formula is C48H37Cl6F3O6. The summed E-state index contributed by atoms with van der Waals surface area (Å²) in [5.41, 5.74) is 6.23. The van der Waals surface area contributed by atoms with Gasteiger partial charge in [0.15, 0.2) is 0 Å². The monoisotopic (exact) mass is 976 g/mol. The lowest BCUT2D eigenvalue weighted by Gasteiger charge is -2.18. The first kappa shape index (κ1) is 54.0. The maximum atomic E-state index is 12.0. The zero-order valence-corrected chi connectivity index (χ0v) is 38.3. The second-order valence-corrected chi connectivity index (χ2v) is 16.0. The van der Waals surface area contributed by atoms with E-state index in [4.69, 9.17) is 69.6 Å². The molecule has 6 aromatic carbocycles. The fraction of sp³-hybridized carbons (Fsp3) is 0.125. The number of carbonyl (C=O) groups is 6.